The van der Waals surface area contributed by atoms with Crippen LogP contribution in [0.5, 0.6) is 0 Å². The summed E-state index contributed by atoms with van der Waals surface area (Å²) in [5.41, 5.74) is 7.05. The second-order valence-corrected chi connectivity index (χ2v) is 6.57. The number of nitrogen functional groups attached to an aromatic ring is 1. The van der Waals surface area contributed by atoms with Crippen LogP contribution in [0.4, 0.5) is 11.4 Å². The third-order valence-electron chi connectivity index (χ3n) is 2.80. The van der Waals surface area contributed by atoms with Gasteiger partial charge in [0.05, 0.1) is 15.4 Å². The Morgan fingerprint density at radius 2 is 2.38 bits per heavy atom. The molecule has 1 aromatic rings. The van der Waals surface area contributed by atoms with Crippen LogP contribution in [0.3, 0.4) is 0 Å². The van der Waals surface area contributed by atoms with E-state index in [1.807, 2.05) is 19.2 Å². The highest BCUT2D eigenvalue weighted by atomic mass is 32.2. The number of rotatable bonds is 2. The number of hydrogen-bond donors (Lipinski definition) is 2. The Morgan fingerprint density at radius 1 is 1.56 bits per heavy atom. The summed E-state index contributed by atoms with van der Waals surface area (Å²) < 4.78 is 16.7. The number of hydrogen-bond acceptors (Lipinski definition) is 4. The summed E-state index contributed by atoms with van der Waals surface area (Å²) in [6.45, 7) is 0. The van der Waals surface area contributed by atoms with Crippen molar-refractivity contribution in [1.82, 2.24) is 5.32 Å². The molecular weight excluding hydrogens is 222 g/mol. The van der Waals surface area contributed by atoms with Crippen LogP contribution < -0.4 is 11.1 Å². The van der Waals surface area contributed by atoms with Crippen LogP contribution in [0, 0.1) is 0 Å². The minimum Gasteiger partial charge on any atom is -0.399 e. The van der Waals surface area contributed by atoms with Crippen LogP contribution in [-0.4, -0.2) is 28.8 Å². The van der Waals surface area contributed by atoms with E-state index in [2.05, 4.69) is 9.68 Å². The predicted molar refractivity (Wildman–Crippen MR) is 68.3 cm³/mol. The molecule has 2 unspecified atom stereocenters. The molecule has 2 rings (SSSR count). The zero-order chi connectivity index (χ0) is 11.6. The SMILES string of the molecule is CNC1CCS(=O)(=Nc2cccc(N)c2)C1. The molecule has 88 valence electrons. The molecule has 0 radical (unpaired) electrons. The Labute approximate surface area is 96.4 Å². The summed E-state index contributed by atoms with van der Waals surface area (Å²) in [6, 6.07) is 7.57. The van der Waals surface area contributed by atoms with Gasteiger partial charge in [-0.05, 0) is 31.7 Å². The van der Waals surface area contributed by atoms with E-state index in [9.17, 15) is 4.21 Å². The molecule has 1 aliphatic heterocycles. The summed E-state index contributed by atoms with van der Waals surface area (Å²) in [7, 11) is -0.179. The van der Waals surface area contributed by atoms with E-state index >= 15 is 0 Å². The van der Waals surface area contributed by atoms with Crippen LogP contribution in [0.25, 0.3) is 0 Å². The van der Waals surface area contributed by atoms with Gasteiger partial charge in [0.1, 0.15) is 0 Å². The minimum atomic E-state index is -2.08. The maximum Gasteiger partial charge on any atom is 0.0750 e. The lowest BCUT2D eigenvalue weighted by Crippen LogP contribution is -2.25. The average Bonchev–Trinajstić information content (AvgIpc) is 2.60. The number of nitrogens with two attached hydrogens (primary N) is 1. The number of benzene rings is 1. The number of nitrogens with one attached hydrogen (secondary N) is 1. The second kappa shape index (κ2) is 4.43. The van der Waals surface area contributed by atoms with Crippen molar-refractivity contribution in [3.63, 3.8) is 0 Å². The minimum absolute atomic E-state index is 0.331. The smallest absolute Gasteiger partial charge is 0.0750 e. The molecule has 1 heterocycles. The van der Waals surface area contributed by atoms with E-state index in [4.69, 9.17) is 5.73 Å². The number of anilines is 1. The topological polar surface area (TPSA) is 67.5 Å². The molecule has 1 aliphatic rings. The molecule has 0 amide bonds. The monoisotopic (exact) mass is 239 g/mol. The fourth-order valence-electron chi connectivity index (χ4n) is 1.89. The highest BCUT2D eigenvalue weighted by molar-refractivity contribution is 7.94. The third kappa shape index (κ3) is 2.54. The van der Waals surface area contributed by atoms with E-state index in [0.717, 1.165) is 12.1 Å². The van der Waals surface area contributed by atoms with Gasteiger partial charge in [0.2, 0.25) is 0 Å². The average molecular weight is 239 g/mol. The van der Waals surface area contributed by atoms with Crippen LogP contribution in [0.1, 0.15) is 6.42 Å². The first-order valence-electron chi connectivity index (χ1n) is 5.37. The van der Waals surface area contributed by atoms with Crippen LogP contribution in [0.2, 0.25) is 0 Å². The molecular formula is C11H17N3OS. The lowest BCUT2D eigenvalue weighted by atomic mass is 10.3. The van der Waals surface area contributed by atoms with Crippen molar-refractivity contribution in [3.05, 3.63) is 24.3 Å². The Balaban J connectivity index is 2.28. The van der Waals surface area contributed by atoms with Crippen molar-refractivity contribution in [2.75, 3.05) is 24.3 Å². The standard InChI is InChI=1S/C11H17N3OS/c1-13-11-5-6-16(15,8-11)14-10-4-2-3-9(12)7-10/h2-4,7,11,13H,5-6,8,12H2,1H3. The van der Waals surface area contributed by atoms with Crippen LogP contribution in [0.15, 0.2) is 28.6 Å². The van der Waals surface area contributed by atoms with Gasteiger partial charge in [-0.25, -0.2) is 4.21 Å². The molecule has 1 fully saturated rings. The zero-order valence-electron chi connectivity index (χ0n) is 9.35. The molecule has 0 spiro atoms. The molecule has 4 nitrogen and oxygen atoms in total. The van der Waals surface area contributed by atoms with Gasteiger partial charge in [-0.3, -0.25) is 0 Å². The Hall–Kier alpha value is -1.07. The van der Waals surface area contributed by atoms with Gasteiger partial charge in [0.15, 0.2) is 0 Å². The summed E-state index contributed by atoms with van der Waals surface area (Å²) in [5, 5.41) is 3.15. The first kappa shape index (κ1) is 11.4. The first-order valence-corrected chi connectivity index (χ1v) is 7.22. The summed E-state index contributed by atoms with van der Waals surface area (Å²) >= 11 is 0. The summed E-state index contributed by atoms with van der Waals surface area (Å²) in [6.07, 6.45) is 0.932. The van der Waals surface area contributed by atoms with Crippen molar-refractivity contribution >= 4 is 21.1 Å². The van der Waals surface area contributed by atoms with Gasteiger partial charge in [0.25, 0.3) is 0 Å². The molecule has 0 aromatic heterocycles. The molecule has 2 atom stereocenters. The molecule has 3 N–H and O–H groups in total. The van der Waals surface area contributed by atoms with Crippen LogP contribution >= 0.6 is 0 Å². The lowest BCUT2D eigenvalue weighted by Gasteiger charge is -2.05. The third-order valence-corrected chi connectivity index (χ3v) is 5.14. The van der Waals surface area contributed by atoms with Gasteiger partial charge >= 0.3 is 0 Å². The largest absolute Gasteiger partial charge is 0.399 e. The zero-order valence-corrected chi connectivity index (χ0v) is 10.2. The van der Waals surface area contributed by atoms with Gasteiger partial charge in [-0.15, -0.1) is 0 Å². The highest BCUT2D eigenvalue weighted by Crippen LogP contribution is 2.22. The summed E-state index contributed by atoms with van der Waals surface area (Å²) in [5.74, 6) is 1.31. The van der Waals surface area contributed by atoms with E-state index in [1.165, 1.54) is 0 Å². The van der Waals surface area contributed by atoms with Gasteiger partial charge in [-0.2, -0.15) is 4.36 Å². The Bertz CT molecular complexity index is 492. The normalized spacial score (nSPS) is 29.2. The quantitative estimate of drug-likeness (QED) is 0.766. The van der Waals surface area contributed by atoms with E-state index < -0.39 is 9.73 Å². The van der Waals surface area contributed by atoms with Gasteiger partial charge in [0, 0.05) is 23.2 Å². The highest BCUT2D eigenvalue weighted by Gasteiger charge is 2.25. The molecule has 0 saturated carbocycles. The van der Waals surface area contributed by atoms with Gasteiger partial charge in [-0.1, -0.05) is 6.07 Å². The summed E-state index contributed by atoms with van der Waals surface area (Å²) in [4.78, 5) is 0. The number of nitrogens with zero attached hydrogens (tertiary/aromatic N) is 1. The van der Waals surface area contributed by atoms with Crippen molar-refractivity contribution in [2.24, 2.45) is 4.36 Å². The van der Waals surface area contributed by atoms with Crippen molar-refractivity contribution in [2.45, 2.75) is 12.5 Å². The fraction of sp³-hybridized carbons (Fsp3) is 0.455. The lowest BCUT2D eigenvalue weighted by molar-refractivity contribution is 0.622. The van der Waals surface area contributed by atoms with Crippen LogP contribution in [-0.2, 0) is 9.73 Å². The molecule has 1 aromatic carbocycles. The van der Waals surface area contributed by atoms with E-state index in [-0.39, 0.29) is 0 Å². The van der Waals surface area contributed by atoms with Crippen molar-refractivity contribution in [3.8, 4) is 0 Å². The Kier molecular flexibility index (Phi) is 3.16. The first-order chi connectivity index (χ1) is 7.61. The molecule has 0 aliphatic carbocycles. The molecule has 16 heavy (non-hydrogen) atoms. The van der Waals surface area contributed by atoms with Crippen molar-refractivity contribution in [1.29, 1.82) is 0 Å². The second-order valence-electron chi connectivity index (χ2n) is 4.10. The molecule has 5 heteroatoms. The van der Waals surface area contributed by atoms with Gasteiger partial charge < -0.3 is 11.1 Å². The fourth-order valence-corrected chi connectivity index (χ4v) is 4.34. The predicted octanol–water partition coefficient (Wildman–Crippen LogP) is 1.36. The van der Waals surface area contributed by atoms with Crippen molar-refractivity contribution < 1.29 is 4.21 Å². The maximum atomic E-state index is 12.4. The molecule has 1 saturated heterocycles. The Morgan fingerprint density at radius 3 is 3.00 bits per heavy atom. The maximum absolute atomic E-state index is 12.4. The molecule has 0 bridgehead atoms. The van der Waals surface area contributed by atoms with E-state index in [0.29, 0.717) is 23.2 Å². The van der Waals surface area contributed by atoms with E-state index in [1.54, 1.807) is 12.1 Å².